The second kappa shape index (κ2) is 5.75. The molecule has 1 aliphatic heterocycles. The Morgan fingerprint density at radius 1 is 1.12 bits per heavy atom. The molecule has 2 aliphatic rings. The largest absolute Gasteiger partial charge is 0.512 e. The molecule has 1 N–H and O–H groups in total. The number of amides is 2. The molecule has 0 bridgehead atoms. The number of hydrogen-bond acceptors (Lipinski definition) is 4. The maximum absolute atomic E-state index is 13.4. The van der Waals surface area contributed by atoms with Crippen LogP contribution in [0.1, 0.15) is 33.1 Å². The van der Waals surface area contributed by atoms with E-state index in [1.54, 1.807) is 0 Å². The van der Waals surface area contributed by atoms with Gasteiger partial charge in [-0.05, 0) is 17.5 Å². The first kappa shape index (κ1) is 17.3. The Morgan fingerprint density at radius 2 is 1.80 bits per heavy atom. The van der Waals surface area contributed by atoms with Gasteiger partial charge >= 0.3 is 0 Å². The summed E-state index contributed by atoms with van der Waals surface area (Å²) in [6, 6.07) is 2.70. The van der Waals surface area contributed by atoms with Gasteiger partial charge in [0.05, 0.1) is 11.6 Å². The normalized spacial score (nSPS) is 23.6. The lowest BCUT2D eigenvalue weighted by molar-refractivity contribution is -0.124. The van der Waals surface area contributed by atoms with Crippen LogP contribution >= 0.6 is 0 Å². The zero-order chi connectivity index (χ0) is 18.5. The van der Waals surface area contributed by atoms with E-state index < -0.39 is 34.8 Å². The van der Waals surface area contributed by atoms with Gasteiger partial charge < -0.3 is 5.11 Å². The number of nitrogens with zero attached hydrogens (tertiary/aromatic N) is 1. The summed E-state index contributed by atoms with van der Waals surface area (Å²) in [5.74, 6) is -5.26. The number of halogens is 2. The number of ketones is 1. The summed E-state index contributed by atoms with van der Waals surface area (Å²) >= 11 is 0. The van der Waals surface area contributed by atoms with Gasteiger partial charge in [-0.25, -0.2) is 13.7 Å². The molecule has 1 heterocycles. The third-order valence-corrected chi connectivity index (χ3v) is 4.55. The van der Waals surface area contributed by atoms with Crippen LogP contribution in [0.3, 0.4) is 0 Å². The lowest BCUT2D eigenvalue weighted by Gasteiger charge is -2.30. The summed E-state index contributed by atoms with van der Waals surface area (Å²) in [4.78, 5) is 38.0. The van der Waals surface area contributed by atoms with Crippen LogP contribution in [0.25, 0.3) is 0 Å². The number of imide groups is 1. The van der Waals surface area contributed by atoms with E-state index in [1.165, 1.54) is 0 Å². The smallest absolute Gasteiger partial charge is 0.242 e. The highest BCUT2D eigenvalue weighted by Gasteiger charge is 2.47. The molecule has 0 saturated carbocycles. The van der Waals surface area contributed by atoms with E-state index in [1.807, 2.05) is 13.8 Å². The highest BCUT2D eigenvalue weighted by molar-refractivity contribution is 6.24. The second-order valence-electron chi connectivity index (χ2n) is 7.22. The van der Waals surface area contributed by atoms with Gasteiger partial charge in [0, 0.05) is 30.9 Å². The van der Waals surface area contributed by atoms with Gasteiger partial charge in [0.1, 0.15) is 5.76 Å². The maximum Gasteiger partial charge on any atom is 0.242 e. The van der Waals surface area contributed by atoms with Crippen molar-refractivity contribution in [1.82, 2.24) is 0 Å². The first-order valence-electron chi connectivity index (χ1n) is 7.88. The van der Waals surface area contributed by atoms with Gasteiger partial charge in [0.25, 0.3) is 0 Å². The molecule has 1 atom stereocenters. The van der Waals surface area contributed by atoms with Crippen molar-refractivity contribution < 1.29 is 28.3 Å². The Labute approximate surface area is 142 Å². The van der Waals surface area contributed by atoms with E-state index in [2.05, 4.69) is 0 Å². The minimum Gasteiger partial charge on any atom is -0.512 e. The number of rotatable bonds is 2. The van der Waals surface area contributed by atoms with Crippen LogP contribution < -0.4 is 4.90 Å². The van der Waals surface area contributed by atoms with E-state index in [0.29, 0.717) is 0 Å². The molecule has 1 aliphatic carbocycles. The maximum atomic E-state index is 13.4. The van der Waals surface area contributed by atoms with Crippen LogP contribution in [-0.4, -0.2) is 22.7 Å². The first-order valence-corrected chi connectivity index (χ1v) is 7.88. The molecule has 1 saturated heterocycles. The molecule has 2 amide bonds. The Morgan fingerprint density at radius 3 is 2.40 bits per heavy atom. The average molecular weight is 349 g/mol. The Kier molecular flexibility index (Phi) is 3.97. The molecule has 1 fully saturated rings. The molecule has 132 valence electrons. The topological polar surface area (TPSA) is 74.7 Å². The molecular formula is C18H17F2NO4. The summed E-state index contributed by atoms with van der Waals surface area (Å²) < 4.78 is 26.5. The van der Waals surface area contributed by atoms with Gasteiger partial charge in [-0.3, -0.25) is 14.4 Å². The van der Waals surface area contributed by atoms with Gasteiger partial charge in [-0.1, -0.05) is 13.8 Å². The molecule has 1 aromatic rings. The summed E-state index contributed by atoms with van der Waals surface area (Å²) in [5.41, 5.74) is -0.557. The molecule has 0 spiro atoms. The second-order valence-corrected chi connectivity index (χ2v) is 7.22. The third kappa shape index (κ3) is 2.94. The number of aliphatic hydroxyl groups excluding tert-OH is 1. The third-order valence-electron chi connectivity index (χ3n) is 4.55. The van der Waals surface area contributed by atoms with Crippen molar-refractivity contribution in [2.45, 2.75) is 33.1 Å². The number of aliphatic hydroxyl groups is 1. The molecule has 0 radical (unpaired) electrons. The number of carbonyl (C=O) groups is 3. The molecule has 1 aromatic carbocycles. The summed E-state index contributed by atoms with van der Waals surface area (Å²) in [6.45, 7) is 3.65. The fourth-order valence-corrected chi connectivity index (χ4v) is 3.45. The molecule has 1 unspecified atom stereocenters. The van der Waals surface area contributed by atoms with E-state index >= 15 is 0 Å². The fourth-order valence-electron chi connectivity index (χ4n) is 3.45. The summed E-state index contributed by atoms with van der Waals surface area (Å²) in [7, 11) is 0. The predicted octanol–water partition coefficient (Wildman–Crippen LogP) is 3.05. The van der Waals surface area contributed by atoms with Crippen LogP contribution in [0.15, 0.2) is 29.5 Å². The van der Waals surface area contributed by atoms with Crippen molar-refractivity contribution in [3.05, 3.63) is 41.2 Å². The summed E-state index contributed by atoms with van der Waals surface area (Å²) in [5, 5.41) is 10.2. The number of carbonyl (C=O) groups excluding carboxylic acids is 3. The number of hydrogen-bond donors (Lipinski definition) is 1. The number of anilines is 1. The quantitative estimate of drug-likeness (QED) is 0.833. The molecule has 7 heteroatoms. The lowest BCUT2D eigenvalue weighted by atomic mass is 9.73. The molecular weight excluding hydrogens is 332 g/mol. The monoisotopic (exact) mass is 349 g/mol. The van der Waals surface area contributed by atoms with E-state index in [4.69, 9.17) is 0 Å². The van der Waals surface area contributed by atoms with Crippen molar-refractivity contribution in [2.75, 3.05) is 4.90 Å². The number of benzene rings is 1. The van der Waals surface area contributed by atoms with Crippen molar-refractivity contribution in [1.29, 1.82) is 0 Å². The van der Waals surface area contributed by atoms with Gasteiger partial charge in [0.2, 0.25) is 11.8 Å². The van der Waals surface area contributed by atoms with Gasteiger partial charge in [-0.15, -0.1) is 0 Å². The molecule has 0 aromatic heterocycles. The van der Waals surface area contributed by atoms with Gasteiger partial charge in [-0.2, -0.15) is 0 Å². The first-order chi connectivity index (χ1) is 11.6. The zero-order valence-corrected chi connectivity index (χ0v) is 13.8. The standard InChI is InChI=1S/C18H17F2NO4/c1-18(2)7-13(22)16(14(23)8-18)10-6-15(24)21(17(10)25)9-3-4-11(19)12(20)5-9/h3-5,10,22H,6-8H2,1-2H3. The highest BCUT2D eigenvalue weighted by Crippen LogP contribution is 2.41. The molecule has 25 heavy (non-hydrogen) atoms. The van der Waals surface area contributed by atoms with Crippen LogP contribution in [0.4, 0.5) is 14.5 Å². The van der Waals surface area contributed by atoms with Gasteiger partial charge in [0.15, 0.2) is 17.4 Å². The predicted molar refractivity (Wildman–Crippen MR) is 84.6 cm³/mol. The minimum atomic E-state index is -1.18. The van der Waals surface area contributed by atoms with Crippen LogP contribution in [-0.2, 0) is 14.4 Å². The lowest BCUT2D eigenvalue weighted by Crippen LogP contribution is -2.34. The van der Waals surface area contributed by atoms with Crippen molar-refractivity contribution in [2.24, 2.45) is 11.3 Å². The average Bonchev–Trinajstić information content (AvgIpc) is 2.75. The zero-order valence-electron chi connectivity index (χ0n) is 13.8. The van der Waals surface area contributed by atoms with E-state index in [9.17, 15) is 28.3 Å². The molecule has 3 rings (SSSR count). The molecule has 5 nitrogen and oxygen atoms in total. The summed E-state index contributed by atoms with van der Waals surface area (Å²) in [6.07, 6.45) is 0.107. The fraction of sp³-hybridized carbons (Fsp3) is 0.389. The Balaban J connectivity index is 1.96. The Hall–Kier alpha value is -2.57. The van der Waals surface area contributed by atoms with Crippen molar-refractivity contribution >= 4 is 23.3 Å². The van der Waals surface area contributed by atoms with Crippen LogP contribution in [0.5, 0.6) is 0 Å². The van der Waals surface area contributed by atoms with E-state index in [-0.39, 0.29) is 42.1 Å². The van der Waals surface area contributed by atoms with Crippen LogP contribution in [0, 0.1) is 23.0 Å². The van der Waals surface area contributed by atoms with Crippen molar-refractivity contribution in [3.63, 3.8) is 0 Å². The van der Waals surface area contributed by atoms with Crippen molar-refractivity contribution in [3.8, 4) is 0 Å². The number of Topliss-reactive ketones (excluding diaryl/α,β-unsaturated/α-hetero) is 1. The highest BCUT2D eigenvalue weighted by atomic mass is 19.2. The van der Waals surface area contributed by atoms with Crippen LogP contribution in [0.2, 0.25) is 0 Å². The minimum absolute atomic E-state index is 0.0391. The van der Waals surface area contributed by atoms with E-state index in [0.717, 1.165) is 23.1 Å². The Bertz CT molecular complexity index is 828. The number of allylic oxidation sites excluding steroid dienone is 1. The SMILES string of the molecule is CC1(C)CC(=O)C(C2CC(=O)N(c3ccc(F)c(F)c3)C2=O)=C(O)C1.